The molecule has 3 aromatic carbocycles. The third kappa shape index (κ3) is 3.12. The fraction of sp³-hybridized carbons (Fsp3) is 0.200. The zero-order valence-electron chi connectivity index (χ0n) is 17.3. The van der Waals surface area contributed by atoms with Crippen molar-refractivity contribution in [3.63, 3.8) is 0 Å². The van der Waals surface area contributed by atoms with Crippen LogP contribution in [-0.2, 0) is 4.74 Å². The highest BCUT2D eigenvalue weighted by Crippen LogP contribution is 2.39. The summed E-state index contributed by atoms with van der Waals surface area (Å²) in [5.74, 6) is 0.213. The maximum atomic E-state index is 13.3. The number of hydrogen-bond acceptors (Lipinski definition) is 5. The van der Waals surface area contributed by atoms with Crippen molar-refractivity contribution >= 4 is 27.9 Å². The maximum Gasteiger partial charge on any atom is 0.338 e. The first kappa shape index (κ1) is 19.7. The van der Waals surface area contributed by atoms with Crippen molar-refractivity contribution in [2.75, 3.05) is 14.2 Å². The number of rotatable bonds is 4. The largest absolute Gasteiger partial charge is 0.497 e. The van der Waals surface area contributed by atoms with Gasteiger partial charge < -0.3 is 13.9 Å². The molecule has 1 aromatic heterocycles. The predicted molar refractivity (Wildman–Crippen MR) is 117 cm³/mol. The first-order valence-electron chi connectivity index (χ1n) is 9.71. The van der Waals surface area contributed by atoms with Crippen LogP contribution in [0.1, 0.15) is 35.7 Å². The fourth-order valence-corrected chi connectivity index (χ4v) is 3.88. The van der Waals surface area contributed by atoms with Crippen LogP contribution >= 0.6 is 0 Å². The molecular weight excluding hydrogens is 380 g/mol. The minimum atomic E-state index is -0.483. The van der Waals surface area contributed by atoms with Gasteiger partial charge in [-0.25, -0.2) is 4.79 Å². The second kappa shape index (κ2) is 7.67. The molecule has 0 aliphatic rings. The van der Waals surface area contributed by atoms with Crippen LogP contribution < -0.4 is 10.2 Å². The van der Waals surface area contributed by atoms with Gasteiger partial charge in [-0.3, -0.25) is 4.79 Å². The molecule has 4 rings (SSSR count). The molecule has 0 N–H and O–H groups in total. The van der Waals surface area contributed by atoms with Crippen LogP contribution in [0.3, 0.4) is 0 Å². The number of benzene rings is 3. The molecule has 4 aromatic rings. The van der Waals surface area contributed by atoms with Gasteiger partial charge in [0.2, 0.25) is 5.43 Å². The molecule has 0 atom stereocenters. The molecule has 0 amide bonds. The second-order valence-electron chi connectivity index (χ2n) is 7.39. The molecule has 0 unspecified atom stereocenters. The lowest BCUT2D eigenvalue weighted by molar-refractivity contribution is 0.0599. The van der Waals surface area contributed by atoms with E-state index >= 15 is 0 Å². The van der Waals surface area contributed by atoms with E-state index in [1.807, 2.05) is 44.2 Å². The molecule has 0 bridgehead atoms. The topological polar surface area (TPSA) is 65.7 Å². The normalized spacial score (nSPS) is 11.2. The van der Waals surface area contributed by atoms with Crippen molar-refractivity contribution in [1.29, 1.82) is 0 Å². The zero-order chi connectivity index (χ0) is 21.4. The van der Waals surface area contributed by atoms with Crippen LogP contribution in [0.5, 0.6) is 5.75 Å². The Labute approximate surface area is 173 Å². The highest BCUT2D eigenvalue weighted by atomic mass is 16.5. The molecule has 0 aliphatic carbocycles. The minimum Gasteiger partial charge on any atom is -0.497 e. The summed E-state index contributed by atoms with van der Waals surface area (Å²) in [5, 5.41) is 0.822. The summed E-state index contributed by atoms with van der Waals surface area (Å²) in [6.07, 6.45) is 0. The van der Waals surface area contributed by atoms with Crippen molar-refractivity contribution in [3.05, 3.63) is 75.9 Å². The Morgan fingerprint density at radius 2 is 1.67 bits per heavy atom. The van der Waals surface area contributed by atoms with E-state index in [9.17, 15) is 9.59 Å². The van der Waals surface area contributed by atoms with Crippen molar-refractivity contribution in [1.82, 2.24) is 0 Å². The van der Waals surface area contributed by atoms with Crippen LogP contribution in [-0.4, -0.2) is 20.2 Å². The van der Waals surface area contributed by atoms with Crippen molar-refractivity contribution in [2.24, 2.45) is 0 Å². The molecule has 0 saturated heterocycles. The lowest BCUT2D eigenvalue weighted by Crippen LogP contribution is -2.12. The summed E-state index contributed by atoms with van der Waals surface area (Å²) in [4.78, 5) is 26.0. The molecule has 30 heavy (non-hydrogen) atoms. The Bertz CT molecular complexity index is 1310. The van der Waals surface area contributed by atoms with E-state index in [2.05, 4.69) is 0 Å². The van der Waals surface area contributed by atoms with E-state index in [1.165, 1.54) is 7.11 Å². The number of fused-ring (bicyclic) bond motifs is 2. The Morgan fingerprint density at radius 1 is 0.967 bits per heavy atom. The van der Waals surface area contributed by atoms with Crippen LogP contribution in [0.25, 0.3) is 33.1 Å². The van der Waals surface area contributed by atoms with Crippen LogP contribution in [0.15, 0.2) is 63.8 Å². The predicted octanol–water partition coefficient (Wildman–Crippen LogP) is 5.53. The van der Waals surface area contributed by atoms with E-state index in [0.29, 0.717) is 38.8 Å². The molecule has 0 aliphatic heterocycles. The van der Waals surface area contributed by atoms with E-state index in [0.717, 1.165) is 11.1 Å². The second-order valence-corrected chi connectivity index (χ2v) is 7.39. The first-order valence-corrected chi connectivity index (χ1v) is 9.71. The van der Waals surface area contributed by atoms with Crippen molar-refractivity contribution in [3.8, 4) is 16.9 Å². The number of carbonyl (C=O) groups is 1. The number of hydrogen-bond donors (Lipinski definition) is 0. The summed E-state index contributed by atoms with van der Waals surface area (Å²) >= 11 is 0. The summed E-state index contributed by atoms with van der Waals surface area (Å²) in [7, 11) is 2.94. The SMILES string of the molecule is COC(=O)c1cc2c(=O)c3ccccc3oc2c(-c2ccc(OC)cc2)c1C(C)C. The molecule has 0 saturated carbocycles. The maximum absolute atomic E-state index is 13.3. The van der Waals surface area contributed by atoms with Gasteiger partial charge in [-0.1, -0.05) is 38.1 Å². The van der Waals surface area contributed by atoms with E-state index < -0.39 is 5.97 Å². The average Bonchev–Trinajstić information content (AvgIpc) is 2.77. The molecular formula is C25H22O5. The van der Waals surface area contributed by atoms with Crippen molar-refractivity contribution < 1.29 is 18.7 Å². The Balaban J connectivity index is 2.22. The molecule has 0 spiro atoms. The number of methoxy groups -OCH3 is 2. The zero-order valence-corrected chi connectivity index (χ0v) is 17.3. The van der Waals surface area contributed by atoms with Gasteiger partial charge in [0.25, 0.3) is 0 Å². The Kier molecular flexibility index (Phi) is 5.04. The molecule has 5 heteroatoms. The lowest BCUT2D eigenvalue weighted by atomic mass is 9.86. The third-order valence-corrected chi connectivity index (χ3v) is 5.27. The van der Waals surface area contributed by atoms with Crippen LogP contribution in [0.4, 0.5) is 0 Å². The highest BCUT2D eigenvalue weighted by Gasteiger charge is 2.25. The van der Waals surface area contributed by atoms with E-state index in [1.54, 1.807) is 31.4 Å². The van der Waals surface area contributed by atoms with E-state index in [4.69, 9.17) is 13.9 Å². The minimum absolute atomic E-state index is 0.0163. The molecule has 5 nitrogen and oxygen atoms in total. The van der Waals surface area contributed by atoms with Gasteiger partial charge in [0.15, 0.2) is 0 Å². The molecule has 0 fully saturated rings. The number of esters is 1. The standard InChI is InChI=1S/C25H22O5/c1-14(2)21-18(25(27)29-4)13-19-23(26)17-7-5-6-8-20(17)30-24(19)22(21)15-9-11-16(28-3)12-10-15/h5-14H,1-4H3. The number of carbonyl (C=O) groups excluding carboxylic acids is 1. The van der Waals surface area contributed by atoms with Gasteiger partial charge in [0, 0.05) is 5.56 Å². The quantitative estimate of drug-likeness (QED) is 0.332. The van der Waals surface area contributed by atoms with Crippen LogP contribution in [0, 0.1) is 0 Å². The third-order valence-electron chi connectivity index (χ3n) is 5.27. The molecule has 152 valence electrons. The van der Waals surface area contributed by atoms with Gasteiger partial charge in [-0.2, -0.15) is 0 Å². The van der Waals surface area contributed by atoms with Gasteiger partial charge in [0.1, 0.15) is 16.9 Å². The highest BCUT2D eigenvalue weighted by molar-refractivity contribution is 6.05. The lowest BCUT2D eigenvalue weighted by Gasteiger charge is -2.19. The summed E-state index contributed by atoms with van der Waals surface area (Å²) in [6, 6.07) is 16.2. The van der Waals surface area contributed by atoms with Gasteiger partial charge in [0.05, 0.1) is 30.6 Å². The van der Waals surface area contributed by atoms with Crippen molar-refractivity contribution in [2.45, 2.75) is 19.8 Å². The van der Waals surface area contributed by atoms with Gasteiger partial charge in [-0.15, -0.1) is 0 Å². The Hall–Kier alpha value is -3.60. The first-order chi connectivity index (χ1) is 14.5. The smallest absolute Gasteiger partial charge is 0.338 e. The monoisotopic (exact) mass is 402 g/mol. The van der Waals surface area contributed by atoms with Crippen LogP contribution in [0.2, 0.25) is 0 Å². The Morgan fingerprint density at radius 3 is 2.30 bits per heavy atom. The van der Waals surface area contributed by atoms with Gasteiger partial charge in [-0.05, 0) is 47.4 Å². The number of para-hydroxylation sites is 1. The summed E-state index contributed by atoms with van der Waals surface area (Å²) in [6.45, 7) is 4.00. The molecule has 0 radical (unpaired) electrons. The fourth-order valence-electron chi connectivity index (χ4n) is 3.88. The molecule has 1 heterocycles. The average molecular weight is 402 g/mol. The van der Waals surface area contributed by atoms with E-state index in [-0.39, 0.29) is 11.3 Å². The number of ether oxygens (including phenoxy) is 2. The summed E-state index contributed by atoms with van der Waals surface area (Å²) in [5.41, 5.74) is 3.47. The summed E-state index contributed by atoms with van der Waals surface area (Å²) < 4.78 is 16.6. The van der Waals surface area contributed by atoms with Gasteiger partial charge >= 0.3 is 5.97 Å².